The van der Waals surface area contributed by atoms with E-state index in [0.717, 1.165) is 50.5 Å². The normalized spacial score (nSPS) is 26.7. The van der Waals surface area contributed by atoms with Gasteiger partial charge in [-0.05, 0) is 39.2 Å². The van der Waals surface area contributed by atoms with Crippen molar-refractivity contribution in [2.75, 3.05) is 57.8 Å². The summed E-state index contributed by atoms with van der Waals surface area (Å²) in [6.07, 6.45) is 4.84. The number of hydrogen-bond acceptors (Lipinski definition) is 6. The molecule has 0 unspecified atom stereocenters. The molecule has 0 radical (unpaired) electrons. The number of aliphatic hydroxyl groups excluding tert-OH is 1. The van der Waals surface area contributed by atoms with E-state index in [2.05, 4.69) is 37.8 Å². The van der Waals surface area contributed by atoms with Crippen molar-refractivity contribution in [1.29, 1.82) is 0 Å². The Morgan fingerprint density at radius 1 is 1.17 bits per heavy atom. The summed E-state index contributed by atoms with van der Waals surface area (Å²) < 4.78 is 0. The van der Waals surface area contributed by atoms with E-state index in [-0.39, 0.29) is 0 Å². The molecule has 0 saturated carbocycles. The van der Waals surface area contributed by atoms with Crippen molar-refractivity contribution < 1.29 is 5.11 Å². The van der Waals surface area contributed by atoms with Crippen LogP contribution in [0.1, 0.15) is 25.0 Å². The highest BCUT2D eigenvalue weighted by Gasteiger charge is 2.34. The molecule has 0 aliphatic carbocycles. The van der Waals surface area contributed by atoms with Gasteiger partial charge in [-0.15, -0.1) is 0 Å². The van der Waals surface area contributed by atoms with E-state index in [1.807, 2.05) is 6.92 Å². The van der Waals surface area contributed by atoms with Crippen LogP contribution in [0, 0.1) is 12.8 Å². The lowest BCUT2D eigenvalue weighted by Gasteiger charge is -2.46. The summed E-state index contributed by atoms with van der Waals surface area (Å²) >= 11 is 0. The predicted octanol–water partition coefficient (Wildman–Crippen LogP) is 1.000. The van der Waals surface area contributed by atoms with E-state index >= 15 is 0 Å². The summed E-state index contributed by atoms with van der Waals surface area (Å²) in [5, 5.41) is 9.29. The first-order valence-corrected chi connectivity index (χ1v) is 9.24. The Morgan fingerprint density at radius 3 is 2.67 bits per heavy atom. The second-order valence-electron chi connectivity index (χ2n) is 7.28. The van der Waals surface area contributed by atoms with Gasteiger partial charge in [0.15, 0.2) is 0 Å². The van der Waals surface area contributed by atoms with Crippen LogP contribution in [-0.4, -0.2) is 83.8 Å². The second kappa shape index (κ2) is 8.23. The Morgan fingerprint density at radius 2 is 1.96 bits per heavy atom. The van der Waals surface area contributed by atoms with Crippen LogP contribution in [0.15, 0.2) is 12.4 Å². The Bertz CT molecular complexity index is 518. The molecule has 134 valence electrons. The third-order valence-electron chi connectivity index (χ3n) is 5.55. The minimum Gasteiger partial charge on any atom is -0.396 e. The summed E-state index contributed by atoms with van der Waals surface area (Å²) in [4.78, 5) is 16.2. The first-order chi connectivity index (χ1) is 11.7. The summed E-state index contributed by atoms with van der Waals surface area (Å²) in [6.45, 7) is 9.07. The van der Waals surface area contributed by atoms with Gasteiger partial charge in [0.25, 0.3) is 0 Å². The lowest BCUT2D eigenvalue weighted by Crippen LogP contribution is -2.56. The van der Waals surface area contributed by atoms with E-state index in [0.29, 0.717) is 18.6 Å². The van der Waals surface area contributed by atoms with Gasteiger partial charge in [0.2, 0.25) is 0 Å². The molecule has 6 heteroatoms. The average molecular weight is 333 g/mol. The van der Waals surface area contributed by atoms with Gasteiger partial charge in [0.1, 0.15) is 12.1 Å². The van der Waals surface area contributed by atoms with Gasteiger partial charge in [0.05, 0.1) is 0 Å². The minimum absolute atomic E-state index is 0.290. The van der Waals surface area contributed by atoms with E-state index in [9.17, 15) is 5.11 Å². The molecule has 2 saturated heterocycles. The van der Waals surface area contributed by atoms with Crippen molar-refractivity contribution >= 4 is 5.82 Å². The SMILES string of the molecule is Cc1cc(N2CC[C@@H](N3CCN(C)CC3)[C@@H](CCCO)C2)ncn1. The van der Waals surface area contributed by atoms with Crippen molar-refractivity contribution in [3.8, 4) is 0 Å². The van der Waals surface area contributed by atoms with Crippen LogP contribution < -0.4 is 4.90 Å². The number of piperazine rings is 1. The maximum Gasteiger partial charge on any atom is 0.132 e. The lowest BCUT2D eigenvalue weighted by molar-refractivity contribution is 0.0637. The molecule has 0 aromatic carbocycles. The van der Waals surface area contributed by atoms with Gasteiger partial charge in [0, 0.05) is 63.7 Å². The summed E-state index contributed by atoms with van der Waals surface area (Å²) in [6, 6.07) is 2.73. The van der Waals surface area contributed by atoms with Crippen LogP contribution >= 0.6 is 0 Å². The number of nitrogens with zero attached hydrogens (tertiary/aromatic N) is 5. The molecule has 24 heavy (non-hydrogen) atoms. The fourth-order valence-corrected chi connectivity index (χ4v) is 4.11. The predicted molar refractivity (Wildman–Crippen MR) is 96.3 cm³/mol. The molecule has 2 aliphatic rings. The van der Waals surface area contributed by atoms with Gasteiger partial charge < -0.3 is 14.9 Å². The van der Waals surface area contributed by atoms with Crippen LogP contribution in [-0.2, 0) is 0 Å². The number of rotatable bonds is 5. The smallest absolute Gasteiger partial charge is 0.132 e. The highest BCUT2D eigenvalue weighted by molar-refractivity contribution is 5.39. The van der Waals surface area contributed by atoms with E-state index in [4.69, 9.17) is 0 Å². The molecule has 2 aliphatic heterocycles. The minimum atomic E-state index is 0.290. The molecule has 1 aromatic heterocycles. The summed E-state index contributed by atoms with van der Waals surface area (Å²) in [5.41, 5.74) is 1.02. The summed E-state index contributed by atoms with van der Waals surface area (Å²) in [7, 11) is 2.21. The second-order valence-corrected chi connectivity index (χ2v) is 7.28. The van der Waals surface area contributed by atoms with Crippen LogP contribution in [0.3, 0.4) is 0 Å². The summed E-state index contributed by atoms with van der Waals surface area (Å²) in [5.74, 6) is 1.65. The number of aromatic nitrogens is 2. The molecule has 1 N–H and O–H groups in total. The molecule has 2 atom stereocenters. The molecule has 0 bridgehead atoms. The number of hydrogen-bond donors (Lipinski definition) is 1. The first-order valence-electron chi connectivity index (χ1n) is 9.24. The van der Waals surface area contributed by atoms with E-state index < -0.39 is 0 Å². The largest absolute Gasteiger partial charge is 0.396 e. The molecule has 1 aromatic rings. The van der Waals surface area contributed by atoms with E-state index in [1.165, 1.54) is 19.5 Å². The maximum absolute atomic E-state index is 9.29. The van der Waals surface area contributed by atoms with Gasteiger partial charge in [-0.3, -0.25) is 4.90 Å². The highest BCUT2D eigenvalue weighted by Crippen LogP contribution is 2.29. The number of aryl methyl sites for hydroxylation is 1. The van der Waals surface area contributed by atoms with Gasteiger partial charge in [-0.2, -0.15) is 0 Å². The molecular weight excluding hydrogens is 302 g/mol. The van der Waals surface area contributed by atoms with Gasteiger partial charge in [-0.1, -0.05) is 0 Å². The Kier molecular flexibility index (Phi) is 6.03. The Balaban J connectivity index is 1.68. The van der Waals surface area contributed by atoms with Crippen molar-refractivity contribution in [3.63, 3.8) is 0 Å². The van der Waals surface area contributed by atoms with Gasteiger partial charge in [-0.25, -0.2) is 9.97 Å². The van der Waals surface area contributed by atoms with Crippen molar-refractivity contribution in [3.05, 3.63) is 18.1 Å². The fourth-order valence-electron chi connectivity index (χ4n) is 4.11. The standard InChI is InChI=1S/C18H31N5O/c1-15-12-18(20-14-19-15)23-6-5-17(16(13-23)4-3-11-24)22-9-7-21(2)8-10-22/h12,14,16-17,24H,3-11,13H2,1-2H3/t16-,17+/m0/s1. The number of likely N-dealkylation sites (N-methyl/N-ethyl adjacent to an activating group) is 1. The Hall–Kier alpha value is -1.24. The zero-order valence-electron chi connectivity index (χ0n) is 15.1. The number of piperidine rings is 1. The van der Waals surface area contributed by atoms with Crippen molar-refractivity contribution in [2.45, 2.75) is 32.2 Å². The van der Waals surface area contributed by atoms with Crippen LogP contribution in [0.2, 0.25) is 0 Å². The molecular formula is C18H31N5O. The van der Waals surface area contributed by atoms with Crippen LogP contribution in [0.25, 0.3) is 0 Å². The molecule has 2 fully saturated rings. The molecule has 0 amide bonds. The van der Waals surface area contributed by atoms with Crippen LogP contribution in [0.4, 0.5) is 5.82 Å². The van der Waals surface area contributed by atoms with Crippen molar-refractivity contribution in [1.82, 2.24) is 19.8 Å². The maximum atomic E-state index is 9.29. The number of aliphatic hydroxyl groups is 1. The Labute approximate surface area is 145 Å². The average Bonchev–Trinajstić information content (AvgIpc) is 2.60. The third kappa shape index (κ3) is 4.23. The third-order valence-corrected chi connectivity index (χ3v) is 5.55. The zero-order valence-corrected chi connectivity index (χ0v) is 15.1. The number of anilines is 1. The molecule has 6 nitrogen and oxygen atoms in total. The first kappa shape index (κ1) is 17.6. The highest BCUT2D eigenvalue weighted by atomic mass is 16.2. The van der Waals surface area contributed by atoms with Crippen LogP contribution in [0.5, 0.6) is 0 Å². The fraction of sp³-hybridized carbons (Fsp3) is 0.778. The molecule has 3 heterocycles. The topological polar surface area (TPSA) is 55.7 Å². The lowest BCUT2D eigenvalue weighted by atomic mass is 9.86. The van der Waals surface area contributed by atoms with E-state index in [1.54, 1.807) is 6.33 Å². The van der Waals surface area contributed by atoms with Crippen molar-refractivity contribution in [2.24, 2.45) is 5.92 Å². The molecule has 3 rings (SSSR count). The molecule has 0 spiro atoms. The quantitative estimate of drug-likeness (QED) is 0.868. The van der Waals surface area contributed by atoms with Gasteiger partial charge >= 0.3 is 0 Å². The zero-order chi connectivity index (χ0) is 16.9. The monoisotopic (exact) mass is 333 g/mol.